The first-order valence-corrected chi connectivity index (χ1v) is 12.4. The molecule has 1 aromatic carbocycles. The highest BCUT2D eigenvalue weighted by atomic mass is 16.2. The molecular weight excluding hydrogens is 434 g/mol. The molecule has 0 aliphatic carbocycles. The minimum Gasteiger partial charge on any atom is -0.342 e. The van der Waals surface area contributed by atoms with Crippen LogP contribution in [0.25, 0.3) is 0 Å². The Bertz CT molecular complexity index is 995. The number of nitrogens with zero attached hydrogens (tertiary/aromatic N) is 3. The molecule has 34 heavy (non-hydrogen) atoms. The molecule has 1 unspecified atom stereocenters. The molecule has 0 spiro atoms. The van der Waals surface area contributed by atoms with Crippen molar-refractivity contribution in [1.82, 2.24) is 20.0 Å². The number of hydrogen-bond acceptors (Lipinski definition) is 6. The molecule has 0 bridgehead atoms. The third-order valence-corrected chi connectivity index (χ3v) is 7.79. The van der Waals surface area contributed by atoms with Gasteiger partial charge in [0.25, 0.3) is 5.91 Å². The lowest BCUT2D eigenvalue weighted by molar-refractivity contribution is -0.138. The zero-order valence-electron chi connectivity index (χ0n) is 19.5. The van der Waals surface area contributed by atoms with Gasteiger partial charge in [0.05, 0.1) is 0 Å². The van der Waals surface area contributed by atoms with E-state index in [0.717, 1.165) is 69.5 Å². The second-order valence-corrected chi connectivity index (χ2v) is 10.1. The van der Waals surface area contributed by atoms with E-state index in [1.807, 2.05) is 23.1 Å². The first-order chi connectivity index (χ1) is 16.4. The summed E-state index contributed by atoms with van der Waals surface area (Å²) in [5, 5.41) is 2.34. The molecule has 0 saturated carbocycles. The Morgan fingerprint density at radius 1 is 1.00 bits per heavy atom. The predicted octanol–water partition coefficient (Wildman–Crippen LogP) is 0.609. The van der Waals surface area contributed by atoms with E-state index in [2.05, 4.69) is 10.2 Å². The SMILES string of the molecule is NC1CCN(C(=O)C2CCN(Cc3ccc4c(c3)C(=O)N(C3CCC(=O)NC3=O)C4)CC2)CC1. The molecule has 0 aromatic heterocycles. The molecule has 0 radical (unpaired) electrons. The number of likely N-dealkylation sites (tertiary alicyclic amines) is 2. The lowest BCUT2D eigenvalue weighted by Gasteiger charge is -2.36. The number of piperidine rings is 3. The Morgan fingerprint density at radius 3 is 2.44 bits per heavy atom. The lowest BCUT2D eigenvalue weighted by atomic mass is 9.93. The van der Waals surface area contributed by atoms with Gasteiger partial charge in [-0.05, 0) is 62.4 Å². The van der Waals surface area contributed by atoms with Gasteiger partial charge in [0.2, 0.25) is 17.7 Å². The lowest BCUT2D eigenvalue weighted by Crippen LogP contribution is -2.52. The van der Waals surface area contributed by atoms with Gasteiger partial charge in [0.15, 0.2) is 0 Å². The van der Waals surface area contributed by atoms with E-state index in [1.165, 1.54) is 0 Å². The smallest absolute Gasteiger partial charge is 0.255 e. The summed E-state index contributed by atoms with van der Waals surface area (Å²) in [6, 6.07) is 5.60. The van der Waals surface area contributed by atoms with Crippen LogP contribution in [0, 0.1) is 5.92 Å². The van der Waals surface area contributed by atoms with Crippen LogP contribution in [0.15, 0.2) is 18.2 Å². The van der Waals surface area contributed by atoms with Gasteiger partial charge in [-0.2, -0.15) is 0 Å². The minimum absolute atomic E-state index is 0.0919. The van der Waals surface area contributed by atoms with Crippen molar-refractivity contribution >= 4 is 23.6 Å². The second-order valence-electron chi connectivity index (χ2n) is 10.1. The number of fused-ring (bicyclic) bond motifs is 1. The van der Waals surface area contributed by atoms with Gasteiger partial charge in [0.1, 0.15) is 6.04 Å². The number of hydrogen-bond donors (Lipinski definition) is 2. The molecule has 4 amide bonds. The summed E-state index contributed by atoms with van der Waals surface area (Å²) in [6.45, 7) is 4.40. The van der Waals surface area contributed by atoms with Crippen molar-refractivity contribution in [2.24, 2.45) is 11.7 Å². The van der Waals surface area contributed by atoms with Crippen LogP contribution in [-0.4, -0.2) is 76.6 Å². The molecule has 9 heteroatoms. The van der Waals surface area contributed by atoms with Crippen LogP contribution in [0.3, 0.4) is 0 Å². The monoisotopic (exact) mass is 467 g/mol. The number of nitrogens with one attached hydrogen (secondary N) is 1. The molecule has 4 heterocycles. The van der Waals surface area contributed by atoms with Crippen molar-refractivity contribution in [3.8, 4) is 0 Å². The molecule has 3 saturated heterocycles. The molecule has 4 aliphatic rings. The number of carbonyl (C=O) groups excluding carboxylic acids is 4. The van der Waals surface area contributed by atoms with Crippen molar-refractivity contribution < 1.29 is 19.2 Å². The molecule has 1 atom stereocenters. The minimum atomic E-state index is -0.590. The van der Waals surface area contributed by atoms with Crippen LogP contribution in [-0.2, 0) is 27.5 Å². The van der Waals surface area contributed by atoms with Crippen molar-refractivity contribution in [1.29, 1.82) is 0 Å². The van der Waals surface area contributed by atoms with Crippen molar-refractivity contribution in [3.63, 3.8) is 0 Å². The van der Waals surface area contributed by atoms with Gasteiger partial charge in [-0.3, -0.25) is 29.4 Å². The topological polar surface area (TPSA) is 116 Å². The van der Waals surface area contributed by atoms with Gasteiger partial charge < -0.3 is 15.5 Å². The van der Waals surface area contributed by atoms with Gasteiger partial charge in [-0.25, -0.2) is 0 Å². The Kier molecular flexibility index (Phi) is 6.40. The van der Waals surface area contributed by atoms with Gasteiger partial charge in [-0.1, -0.05) is 12.1 Å². The maximum atomic E-state index is 13.1. The molecule has 3 fully saturated rings. The zero-order valence-corrected chi connectivity index (χ0v) is 19.5. The average Bonchev–Trinajstić information content (AvgIpc) is 3.15. The van der Waals surface area contributed by atoms with E-state index in [1.54, 1.807) is 4.90 Å². The van der Waals surface area contributed by atoms with Crippen LogP contribution in [0.2, 0.25) is 0 Å². The van der Waals surface area contributed by atoms with Crippen LogP contribution >= 0.6 is 0 Å². The molecule has 4 aliphatic heterocycles. The largest absolute Gasteiger partial charge is 0.342 e. The van der Waals surface area contributed by atoms with E-state index < -0.39 is 6.04 Å². The summed E-state index contributed by atoms with van der Waals surface area (Å²) in [5.74, 6) is -0.435. The third kappa shape index (κ3) is 4.59. The maximum absolute atomic E-state index is 13.1. The van der Waals surface area contributed by atoms with Crippen LogP contribution in [0.1, 0.15) is 60.0 Å². The Morgan fingerprint density at radius 2 is 1.74 bits per heavy atom. The Labute approximate surface area is 199 Å². The highest BCUT2D eigenvalue weighted by Gasteiger charge is 2.39. The van der Waals surface area contributed by atoms with Gasteiger partial charge in [-0.15, -0.1) is 0 Å². The summed E-state index contributed by atoms with van der Waals surface area (Å²) in [6.07, 6.45) is 4.12. The first-order valence-electron chi connectivity index (χ1n) is 12.4. The number of imide groups is 1. The van der Waals surface area contributed by atoms with Crippen molar-refractivity contribution in [2.75, 3.05) is 26.2 Å². The Balaban J connectivity index is 1.16. The summed E-state index contributed by atoms with van der Waals surface area (Å²) in [7, 11) is 0. The number of amides is 4. The summed E-state index contributed by atoms with van der Waals surface area (Å²) >= 11 is 0. The van der Waals surface area contributed by atoms with E-state index in [9.17, 15) is 19.2 Å². The van der Waals surface area contributed by atoms with E-state index in [-0.39, 0.29) is 42.0 Å². The number of benzene rings is 1. The molecular formula is C25H33N5O4. The van der Waals surface area contributed by atoms with E-state index in [0.29, 0.717) is 18.5 Å². The normalized spacial score (nSPS) is 25.0. The summed E-state index contributed by atoms with van der Waals surface area (Å²) < 4.78 is 0. The van der Waals surface area contributed by atoms with Crippen molar-refractivity contribution in [2.45, 2.75) is 63.7 Å². The van der Waals surface area contributed by atoms with Crippen LogP contribution in [0.4, 0.5) is 0 Å². The van der Waals surface area contributed by atoms with Gasteiger partial charge >= 0.3 is 0 Å². The fraction of sp³-hybridized carbons (Fsp3) is 0.600. The fourth-order valence-electron chi connectivity index (χ4n) is 5.67. The average molecular weight is 468 g/mol. The zero-order chi connectivity index (χ0) is 23.8. The quantitative estimate of drug-likeness (QED) is 0.627. The molecule has 9 nitrogen and oxygen atoms in total. The Hall–Kier alpha value is -2.78. The van der Waals surface area contributed by atoms with Crippen LogP contribution < -0.4 is 11.1 Å². The number of rotatable bonds is 4. The van der Waals surface area contributed by atoms with E-state index >= 15 is 0 Å². The number of nitrogens with two attached hydrogens (primary N) is 1. The highest BCUT2D eigenvalue weighted by molar-refractivity contribution is 6.05. The third-order valence-electron chi connectivity index (χ3n) is 7.79. The molecule has 182 valence electrons. The van der Waals surface area contributed by atoms with E-state index in [4.69, 9.17) is 5.73 Å². The molecule has 3 N–H and O–H groups in total. The summed E-state index contributed by atoms with van der Waals surface area (Å²) in [4.78, 5) is 55.5. The van der Waals surface area contributed by atoms with Crippen LogP contribution in [0.5, 0.6) is 0 Å². The van der Waals surface area contributed by atoms with Gasteiger partial charge in [0, 0.05) is 50.1 Å². The second kappa shape index (κ2) is 9.46. The van der Waals surface area contributed by atoms with Crippen molar-refractivity contribution in [3.05, 3.63) is 34.9 Å². The summed E-state index contributed by atoms with van der Waals surface area (Å²) in [5.41, 5.74) is 8.60. The molecule has 5 rings (SSSR count). The predicted molar refractivity (Wildman–Crippen MR) is 124 cm³/mol. The maximum Gasteiger partial charge on any atom is 0.255 e. The number of carbonyl (C=O) groups is 4. The highest BCUT2D eigenvalue weighted by Crippen LogP contribution is 2.29. The fourth-order valence-corrected chi connectivity index (χ4v) is 5.67. The standard InChI is InChI=1S/C25H33N5O4/c26-19-7-11-29(12-8-19)24(33)17-5-9-28(10-6-17)14-16-1-2-18-15-30(25(34)20(18)13-16)21-3-4-22(31)27-23(21)32/h1-2,13,17,19,21H,3-12,14-15,26H2,(H,27,31,32). The molecule has 1 aromatic rings. The first kappa shape index (κ1) is 23.0.